The predicted molar refractivity (Wildman–Crippen MR) is 70.7 cm³/mol. The van der Waals surface area contributed by atoms with Crippen LogP contribution < -0.4 is 9.47 Å². The molecule has 0 fully saturated rings. The van der Waals surface area contributed by atoms with E-state index in [0.717, 1.165) is 0 Å². The summed E-state index contributed by atoms with van der Waals surface area (Å²) in [4.78, 5) is 21.6. The molecule has 2 aromatic rings. The van der Waals surface area contributed by atoms with Crippen LogP contribution in [-0.2, 0) is 4.79 Å². The molecule has 102 valence electrons. The maximum Gasteiger partial charge on any atom is 0.349 e. The summed E-state index contributed by atoms with van der Waals surface area (Å²) < 4.78 is 10.2. The molecule has 0 unspecified atom stereocenters. The van der Waals surface area contributed by atoms with Crippen molar-refractivity contribution in [2.24, 2.45) is 0 Å². The SMILES string of the molecule is O=C(COc1ccccc1)Oc1cccc([N+](=O)[O-])c1. The summed E-state index contributed by atoms with van der Waals surface area (Å²) in [5.41, 5.74) is -0.140. The fourth-order valence-electron chi connectivity index (χ4n) is 1.48. The van der Waals surface area contributed by atoms with Gasteiger partial charge in [-0.25, -0.2) is 4.79 Å². The molecule has 0 spiro atoms. The summed E-state index contributed by atoms with van der Waals surface area (Å²) in [6.45, 7) is -0.271. The third kappa shape index (κ3) is 3.81. The zero-order valence-electron chi connectivity index (χ0n) is 10.4. The molecular weight excluding hydrogens is 262 g/mol. The second kappa shape index (κ2) is 6.33. The number of non-ortho nitro benzene ring substituents is 1. The Kier molecular flexibility index (Phi) is 4.28. The molecule has 0 saturated carbocycles. The highest BCUT2D eigenvalue weighted by Crippen LogP contribution is 2.19. The molecular formula is C14H11NO5. The molecule has 0 aliphatic carbocycles. The van der Waals surface area contributed by atoms with Crippen molar-refractivity contribution in [2.45, 2.75) is 0 Å². The summed E-state index contributed by atoms with van der Waals surface area (Å²) in [6, 6.07) is 14.2. The maximum absolute atomic E-state index is 11.5. The van der Waals surface area contributed by atoms with E-state index in [1.54, 1.807) is 24.3 Å². The predicted octanol–water partition coefficient (Wildman–Crippen LogP) is 2.58. The van der Waals surface area contributed by atoms with Gasteiger partial charge in [-0.1, -0.05) is 24.3 Å². The van der Waals surface area contributed by atoms with E-state index in [0.29, 0.717) is 5.75 Å². The van der Waals surface area contributed by atoms with E-state index in [1.165, 1.54) is 24.3 Å². The van der Waals surface area contributed by atoms with Crippen molar-refractivity contribution >= 4 is 11.7 Å². The third-order valence-electron chi connectivity index (χ3n) is 2.36. The number of benzene rings is 2. The van der Waals surface area contributed by atoms with Gasteiger partial charge in [-0.15, -0.1) is 0 Å². The number of nitro groups is 1. The molecule has 0 radical (unpaired) electrons. The van der Waals surface area contributed by atoms with Crippen LogP contribution in [-0.4, -0.2) is 17.5 Å². The van der Waals surface area contributed by atoms with Crippen LogP contribution in [0.1, 0.15) is 0 Å². The first-order valence-corrected chi connectivity index (χ1v) is 5.78. The normalized spacial score (nSPS) is 9.80. The highest BCUT2D eigenvalue weighted by Gasteiger charge is 2.10. The van der Waals surface area contributed by atoms with Crippen molar-refractivity contribution in [3.8, 4) is 11.5 Å². The molecule has 0 heterocycles. The Bertz CT molecular complexity index is 612. The van der Waals surface area contributed by atoms with Crippen molar-refractivity contribution in [1.29, 1.82) is 0 Å². The Morgan fingerprint density at radius 3 is 2.45 bits per heavy atom. The van der Waals surface area contributed by atoms with Gasteiger partial charge in [0.15, 0.2) is 6.61 Å². The zero-order valence-corrected chi connectivity index (χ0v) is 10.4. The van der Waals surface area contributed by atoms with Gasteiger partial charge in [0, 0.05) is 6.07 Å². The van der Waals surface area contributed by atoms with Crippen molar-refractivity contribution in [2.75, 3.05) is 6.61 Å². The number of carbonyl (C=O) groups is 1. The summed E-state index contributed by atoms with van der Waals surface area (Å²) in [6.07, 6.45) is 0. The monoisotopic (exact) mass is 273 g/mol. The van der Waals surface area contributed by atoms with Gasteiger partial charge in [-0.2, -0.15) is 0 Å². The number of ether oxygens (including phenoxy) is 2. The molecule has 2 aromatic carbocycles. The molecule has 0 amide bonds. The van der Waals surface area contributed by atoms with Crippen LogP contribution in [0.4, 0.5) is 5.69 Å². The van der Waals surface area contributed by atoms with Gasteiger partial charge in [0.05, 0.1) is 11.0 Å². The molecule has 0 aliphatic heterocycles. The topological polar surface area (TPSA) is 78.7 Å². The third-order valence-corrected chi connectivity index (χ3v) is 2.36. The first-order valence-electron chi connectivity index (χ1n) is 5.78. The van der Waals surface area contributed by atoms with Gasteiger partial charge < -0.3 is 9.47 Å². The fourth-order valence-corrected chi connectivity index (χ4v) is 1.48. The van der Waals surface area contributed by atoms with Gasteiger partial charge >= 0.3 is 5.97 Å². The van der Waals surface area contributed by atoms with Gasteiger partial charge in [-0.05, 0) is 18.2 Å². The summed E-state index contributed by atoms with van der Waals surface area (Å²) in [5, 5.41) is 10.6. The van der Waals surface area contributed by atoms with Crippen molar-refractivity contribution in [1.82, 2.24) is 0 Å². The van der Waals surface area contributed by atoms with Crippen molar-refractivity contribution in [3.63, 3.8) is 0 Å². The standard InChI is InChI=1S/C14H11NO5/c16-14(10-19-12-6-2-1-3-7-12)20-13-8-4-5-11(9-13)15(17)18/h1-9H,10H2. The van der Waals surface area contributed by atoms with Crippen LogP contribution in [0.25, 0.3) is 0 Å². The lowest BCUT2D eigenvalue weighted by atomic mass is 10.3. The van der Waals surface area contributed by atoms with E-state index in [1.807, 2.05) is 6.07 Å². The first-order chi connectivity index (χ1) is 9.65. The molecule has 6 nitrogen and oxygen atoms in total. The summed E-state index contributed by atoms with van der Waals surface area (Å²) in [7, 11) is 0. The number of esters is 1. The lowest BCUT2D eigenvalue weighted by molar-refractivity contribution is -0.384. The van der Waals surface area contributed by atoms with Gasteiger partial charge in [0.1, 0.15) is 11.5 Å². The van der Waals surface area contributed by atoms with E-state index < -0.39 is 10.9 Å². The number of rotatable bonds is 5. The molecule has 0 atom stereocenters. The number of hydrogen-bond acceptors (Lipinski definition) is 5. The minimum absolute atomic E-state index is 0.112. The molecule has 0 saturated heterocycles. The lowest BCUT2D eigenvalue weighted by Gasteiger charge is -2.06. The number of hydrogen-bond donors (Lipinski definition) is 0. The number of nitrogens with zero attached hydrogens (tertiary/aromatic N) is 1. The Morgan fingerprint density at radius 1 is 1.05 bits per heavy atom. The Balaban J connectivity index is 1.91. The first kappa shape index (κ1) is 13.5. The van der Waals surface area contributed by atoms with E-state index in [4.69, 9.17) is 9.47 Å². The molecule has 2 rings (SSSR count). The molecule has 0 aliphatic rings. The smallest absolute Gasteiger partial charge is 0.349 e. The van der Waals surface area contributed by atoms with Crippen LogP contribution in [0.15, 0.2) is 54.6 Å². The highest BCUT2D eigenvalue weighted by atomic mass is 16.6. The Hall–Kier alpha value is -2.89. The molecule has 0 bridgehead atoms. The highest BCUT2D eigenvalue weighted by molar-refractivity contribution is 5.74. The van der Waals surface area contributed by atoms with Crippen LogP contribution >= 0.6 is 0 Å². The average Bonchev–Trinajstić information content (AvgIpc) is 2.46. The van der Waals surface area contributed by atoms with Crippen molar-refractivity contribution in [3.05, 3.63) is 64.7 Å². The Labute approximate surface area is 114 Å². The summed E-state index contributed by atoms with van der Waals surface area (Å²) >= 11 is 0. The zero-order chi connectivity index (χ0) is 14.4. The van der Waals surface area contributed by atoms with Crippen LogP contribution in [0.5, 0.6) is 11.5 Å². The quantitative estimate of drug-likeness (QED) is 0.362. The number of carbonyl (C=O) groups excluding carboxylic acids is 1. The van der Waals surface area contributed by atoms with E-state index in [2.05, 4.69) is 0 Å². The van der Waals surface area contributed by atoms with Gasteiger partial charge in [0.25, 0.3) is 5.69 Å². The van der Waals surface area contributed by atoms with Crippen LogP contribution in [0.2, 0.25) is 0 Å². The largest absolute Gasteiger partial charge is 0.482 e. The maximum atomic E-state index is 11.5. The average molecular weight is 273 g/mol. The minimum atomic E-state index is -0.630. The lowest BCUT2D eigenvalue weighted by Crippen LogP contribution is -2.17. The number of para-hydroxylation sites is 1. The fraction of sp³-hybridized carbons (Fsp3) is 0.0714. The second-order valence-electron chi connectivity index (χ2n) is 3.83. The minimum Gasteiger partial charge on any atom is -0.482 e. The Morgan fingerprint density at radius 2 is 1.75 bits per heavy atom. The molecule has 0 N–H and O–H groups in total. The van der Waals surface area contributed by atoms with E-state index in [9.17, 15) is 14.9 Å². The molecule has 0 aromatic heterocycles. The van der Waals surface area contributed by atoms with Crippen LogP contribution in [0, 0.1) is 10.1 Å². The van der Waals surface area contributed by atoms with Crippen molar-refractivity contribution < 1.29 is 19.2 Å². The second-order valence-corrected chi connectivity index (χ2v) is 3.83. The van der Waals surface area contributed by atoms with E-state index >= 15 is 0 Å². The summed E-state index contributed by atoms with van der Waals surface area (Å²) in [5.74, 6) is 0.0266. The van der Waals surface area contributed by atoms with E-state index in [-0.39, 0.29) is 18.0 Å². The van der Waals surface area contributed by atoms with Gasteiger partial charge in [-0.3, -0.25) is 10.1 Å². The van der Waals surface area contributed by atoms with Gasteiger partial charge in [0.2, 0.25) is 0 Å². The van der Waals surface area contributed by atoms with Crippen LogP contribution in [0.3, 0.4) is 0 Å². The molecule has 6 heteroatoms. The number of nitro benzene ring substituents is 1. The molecule has 20 heavy (non-hydrogen) atoms.